The Morgan fingerprint density at radius 3 is 2.71 bits per heavy atom. The molecule has 3 aromatic carbocycles. The molecular weight excluding hydrogens is 467 g/mol. The summed E-state index contributed by atoms with van der Waals surface area (Å²) in [6.07, 6.45) is 1.42. The van der Waals surface area contributed by atoms with E-state index in [-0.39, 0.29) is 18.3 Å². The number of para-hydroxylation sites is 1. The number of alkyl halides is 1. The van der Waals surface area contributed by atoms with E-state index in [0.717, 1.165) is 53.0 Å². The highest BCUT2D eigenvalue weighted by molar-refractivity contribution is 6.32. The minimum atomic E-state index is -0.403. The standard InChI is InChI=1S/C28H24ClFN2O3/c29-24-3-1-2-21-23-14-31-25-12-19(33)6-9-22(25)26(23)27(35-28(21)24)18-4-7-20(8-5-18)34-11-10-32-15-17(13-30)16-32/h1-9,12,14,17,27,33H,10-11,13,15-16H2/t27-/m0/s1. The third-order valence-corrected chi connectivity index (χ3v) is 7.06. The fourth-order valence-electron chi connectivity index (χ4n) is 4.94. The Kier molecular flexibility index (Phi) is 5.71. The van der Waals surface area contributed by atoms with Gasteiger partial charge in [0.15, 0.2) is 6.10 Å². The average Bonchev–Trinajstić information content (AvgIpc) is 2.85. The van der Waals surface area contributed by atoms with Crippen molar-refractivity contribution in [1.82, 2.24) is 9.88 Å². The van der Waals surface area contributed by atoms with Crippen LogP contribution in [0, 0.1) is 5.92 Å². The molecule has 178 valence electrons. The van der Waals surface area contributed by atoms with Gasteiger partial charge in [0.2, 0.25) is 0 Å². The highest BCUT2D eigenvalue weighted by Gasteiger charge is 2.31. The van der Waals surface area contributed by atoms with E-state index < -0.39 is 6.10 Å². The normalized spacial score (nSPS) is 17.4. The van der Waals surface area contributed by atoms with Gasteiger partial charge >= 0.3 is 0 Å². The van der Waals surface area contributed by atoms with Gasteiger partial charge in [0, 0.05) is 59.9 Å². The molecule has 6 rings (SSSR count). The summed E-state index contributed by atoms with van der Waals surface area (Å²) in [4.78, 5) is 6.79. The molecule has 35 heavy (non-hydrogen) atoms. The summed E-state index contributed by atoms with van der Waals surface area (Å²) in [5.41, 5.74) is 4.49. The van der Waals surface area contributed by atoms with Crippen LogP contribution in [-0.2, 0) is 0 Å². The number of ether oxygens (including phenoxy) is 2. The molecule has 3 heterocycles. The Labute approximate surface area is 207 Å². The van der Waals surface area contributed by atoms with E-state index in [1.807, 2.05) is 54.7 Å². The molecule has 4 aromatic rings. The first-order chi connectivity index (χ1) is 17.1. The number of hydrogen-bond acceptors (Lipinski definition) is 5. The van der Waals surface area contributed by atoms with Crippen molar-refractivity contribution in [3.05, 3.63) is 83.0 Å². The number of halogens is 2. The van der Waals surface area contributed by atoms with Crippen molar-refractivity contribution in [2.45, 2.75) is 6.10 Å². The maximum Gasteiger partial charge on any atom is 0.150 e. The Morgan fingerprint density at radius 1 is 1.09 bits per heavy atom. The lowest BCUT2D eigenvalue weighted by atomic mass is 9.88. The largest absolute Gasteiger partial charge is 0.508 e. The average molecular weight is 491 g/mol. The van der Waals surface area contributed by atoms with Crippen LogP contribution in [0.25, 0.3) is 22.0 Å². The zero-order valence-corrected chi connectivity index (χ0v) is 19.7. The smallest absolute Gasteiger partial charge is 0.150 e. The zero-order chi connectivity index (χ0) is 23.9. The highest BCUT2D eigenvalue weighted by atomic mass is 35.5. The van der Waals surface area contributed by atoms with Crippen molar-refractivity contribution in [1.29, 1.82) is 0 Å². The minimum absolute atomic E-state index is 0.168. The number of phenolic OH excluding ortho intramolecular Hbond substituents is 1. The molecule has 0 bridgehead atoms. The lowest BCUT2D eigenvalue weighted by Crippen LogP contribution is -2.49. The van der Waals surface area contributed by atoms with Crippen LogP contribution in [-0.4, -0.2) is 47.9 Å². The van der Waals surface area contributed by atoms with Crippen molar-refractivity contribution >= 4 is 22.5 Å². The quantitative estimate of drug-likeness (QED) is 0.358. The number of likely N-dealkylation sites (tertiary alicyclic amines) is 1. The van der Waals surface area contributed by atoms with Gasteiger partial charge in [0.05, 0.1) is 17.2 Å². The summed E-state index contributed by atoms with van der Waals surface area (Å²) in [5, 5.41) is 11.4. The van der Waals surface area contributed by atoms with Crippen LogP contribution in [0.5, 0.6) is 17.2 Å². The minimum Gasteiger partial charge on any atom is -0.508 e. The van der Waals surface area contributed by atoms with Gasteiger partial charge < -0.3 is 14.6 Å². The van der Waals surface area contributed by atoms with Crippen LogP contribution in [0.15, 0.2) is 66.9 Å². The Bertz CT molecular complexity index is 1390. The van der Waals surface area contributed by atoms with E-state index in [9.17, 15) is 9.50 Å². The fourth-order valence-corrected chi connectivity index (χ4v) is 5.16. The molecule has 0 aliphatic carbocycles. The Balaban J connectivity index is 1.30. The Morgan fingerprint density at radius 2 is 1.91 bits per heavy atom. The molecule has 7 heteroatoms. The summed E-state index contributed by atoms with van der Waals surface area (Å²) < 4.78 is 25.0. The van der Waals surface area contributed by atoms with E-state index >= 15 is 0 Å². The third-order valence-electron chi connectivity index (χ3n) is 6.76. The van der Waals surface area contributed by atoms with E-state index in [1.54, 1.807) is 12.1 Å². The molecule has 0 amide bonds. The van der Waals surface area contributed by atoms with Crippen LogP contribution >= 0.6 is 11.6 Å². The molecule has 1 fully saturated rings. The number of pyridine rings is 1. The molecule has 0 saturated carbocycles. The number of rotatable bonds is 6. The van der Waals surface area contributed by atoms with Gasteiger partial charge in [-0.1, -0.05) is 35.9 Å². The van der Waals surface area contributed by atoms with Crippen molar-refractivity contribution < 1.29 is 19.0 Å². The van der Waals surface area contributed by atoms with E-state index in [4.69, 9.17) is 21.1 Å². The molecule has 5 nitrogen and oxygen atoms in total. The summed E-state index contributed by atoms with van der Waals surface area (Å²) in [6.45, 7) is 2.72. The summed E-state index contributed by atoms with van der Waals surface area (Å²) in [7, 11) is 0. The summed E-state index contributed by atoms with van der Waals surface area (Å²) in [6, 6.07) is 18.8. The van der Waals surface area contributed by atoms with Gasteiger partial charge in [-0.2, -0.15) is 0 Å². The van der Waals surface area contributed by atoms with Gasteiger partial charge in [-0.15, -0.1) is 0 Å². The van der Waals surface area contributed by atoms with Crippen LogP contribution in [0.3, 0.4) is 0 Å². The molecule has 1 atom stereocenters. The second-order valence-corrected chi connectivity index (χ2v) is 9.51. The molecule has 0 spiro atoms. The maximum atomic E-state index is 12.6. The lowest BCUT2D eigenvalue weighted by molar-refractivity contribution is 0.0668. The molecule has 0 unspecified atom stereocenters. The number of phenols is 1. The predicted molar refractivity (Wildman–Crippen MR) is 134 cm³/mol. The number of nitrogens with zero attached hydrogens (tertiary/aromatic N) is 2. The van der Waals surface area contributed by atoms with E-state index in [1.165, 1.54) is 0 Å². The molecule has 1 aromatic heterocycles. The zero-order valence-electron chi connectivity index (χ0n) is 19.0. The number of aromatic nitrogens is 1. The monoisotopic (exact) mass is 490 g/mol. The molecule has 0 radical (unpaired) electrons. The number of fused-ring (bicyclic) bond motifs is 5. The van der Waals surface area contributed by atoms with Crippen LogP contribution in [0.4, 0.5) is 4.39 Å². The van der Waals surface area contributed by atoms with Crippen LogP contribution in [0.1, 0.15) is 17.2 Å². The predicted octanol–water partition coefficient (Wildman–Crippen LogP) is 6.02. The van der Waals surface area contributed by atoms with Gasteiger partial charge in [-0.05, 0) is 35.9 Å². The SMILES string of the molecule is Oc1ccc2c3c(cnc2c1)-c1cccc(Cl)c1O[C@H]3c1ccc(OCCN2CC(CF)C2)cc1. The first-order valence-corrected chi connectivity index (χ1v) is 12.1. The van der Waals surface area contributed by atoms with Crippen molar-refractivity contribution in [3.63, 3.8) is 0 Å². The van der Waals surface area contributed by atoms with Crippen molar-refractivity contribution in [2.24, 2.45) is 5.92 Å². The maximum absolute atomic E-state index is 12.6. The number of aromatic hydroxyl groups is 1. The molecule has 2 aliphatic rings. The highest BCUT2D eigenvalue weighted by Crippen LogP contribution is 2.49. The van der Waals surface area contributed by atoms with E-state index in [0.29, 0.717) is 22.9 Å². The Hall–Kier alpha value is -3.35. The summed E-state index contributed by atoms with van der Waals surface area (Å²) >= 11 is 6.52. The van der Waals surface area contributed by atoms with Crippen molar-refractivity contribution in [3.8, 4) is 28.4 Å². The molecule has 1 saturated heterocycles. The van der Waals surface area contributed by atoms with E-state index in [2.05, 4.69) is 9.88 Å². The molecular formula is C28H24ClFN2O3. The van der Waals surface area contributed by atoms with Crippen LogP contribution < -0.4 is 9.47 Å². The third kappa shape index (κ3) is 4.07. The van der Waals surface area contributed by atoms with Crippen LogP contribution in [0.2, 0.25) is 5.02 Å². The van der Waals surface area contributed by atoms with Gasteiger partial charge in [-0.25, -0.2) is 0 Å². The molecule has 1 N–H and O–H groups in total. The van der Waals surface area contributed by atoms with Gasteiger partial charge in [0.1, 0.15) is 23.9 Å². The van der Waals surface area contributed by atoms with Gasteiger partial charge in [-0.3, -0.25) is 14.3 Å². The first kappa shape index (κ1) is 22.1. The second kappa shape index (κ2) is 9.02. The lowest BCUT2D eigenvalue weighted by Gasteiger charge is -2.37. The van der Waals surface area contributed by atoms with Gasteiger partial charge in [0.25, 0.3) is 0 Å². The van der Waals surface area contributed by atoms with Crippen molar-refractivity contribution in [2.75, 3.05) is 32.9 Å². The topological polar surface area (TPSA) is 54.8 Å². The second-order valence-electron chi connectivity index (χ2n) is 9.10. The summed E-state index contributed by atoms with van der Waals surface area (Å²) in [5.74, 6) is 1.76. The number of benzene rings is 3. The first-order valence-electron chi connectivity index (χ1n) is 11.7. The number of hydrogen-bond donors (Lipinski definition) is 1. The molecule has 2 aliphatic heterocycles. The fraction of sp³-hybridized carbons (Fsp3) is 0.250.